The molecule has 0 aromatic heterocycles. The summed E-state index contributed by atoms with van der Waals surface area (Å²) in [6, 6.07) is 0. The molecule has 0 N–H and O–H groups in total. The summed E-state index contributed by atoms with van der Waals surface area (Å²) in [6.45, 7) is 11.8. The molecular weight excluding hydrogens is 260 g/mol. The predicted molar refractivity (Wildman–Crippen MR) is 76.3 cm³/mol. The average Bonchev–Trinajstić information content (AvgIpc) is 2.39. The van der Waals surface area contributed by atoms with Crippen molar-refractivity contribution < 1.29 is 19.1 Å². The molecular formula is C14H28N2O4. The molecule has 1 saturated heterocycles. The molecule has 1 rings (SSSR count). The molecule has 0 spiro atoms. The van der Waals surface area contributed by atoms with E-state index in [9.17, 15) is 4.79 Å². The first kappa shape index (κ1) is 17.4. The molecule has 0 saturated carbocycles. The van der Waals surface area contributed by atoms with E-state index < -0.39 is 5.41 Å². The van der Waals surface area contributed by atoms with Crippen molar-refractivity contribution in [3.05, 3.63) is 0 Å². The summed E-state index contributed by atoms with van der Waals surface area (Å²) in [5, 5.41) is 1.76. The number of ether oxygens (including phenoxy) is 2. The third-order valence-electron chi connectivity index (χ3n) is 3.14. The molecule has 0 aromatic rings. The van der Waals surface area contributed by atoms with E-state index in [1.165, 1.54) is 0 Å². The molecule has 6 nitrogen and oxygen atoms in total. The lowest BCUT2D eigenvalue weighted by Crippen LogP contribution is -2.48. The van der Waals surface area contributed by atoms with Crippen LogP contribution < -0.4 is 0 Å². The maximum Gasteiger partial charge on any atom is 0.330 e. The monoisotopic (exact) mass is 288 g/mol. The van der Waals surface area contributed by atoms with Crippen molar-refractivity contribution in [1.29, 1.82) is 0 Å². The van der Waals surface area contributed by atoms with Gasteiger partial charge in [-0.1, -0.05) is 0 Å². The van der Waals surface area contributed by atoms with Gasteiger partial charge in [-0.05, 0) is 20.8 Å². The minimum atomic E-state index is -0.452. The minimum absolute atomic E-state index is 0.172. The Hall–Kier alpha value is -0.690. The molecule has 1 fully saturated rings. The Morgan fingerprint density at radius 2 is 1.70 bits per heavy atom. The number of hydrogen-bond donors (Lipinski definition) is 0. The fourth-order valence-corrected chi connectivity index (χ4v) is 1.74. The van der Waals surface area contributed by atoms with E-state index in [0.717, 1.165) is 32.7 Å². The lowest BCUT2D eigenvalue weighted by atomic mass is 9.98. The quantitative estimate of drug-likeness (QED) is 0.645. The SMILES string of the molecule is COCCOCCN1CCN(OC(=O)C(C)(C)C)CC1. The largest absolute Gasteiger partial charge is 0.382 e. The van der Waals surface area contributed by atoms with E-state index >= 15 is 0 Å². The molecule has 1 aliphatic heterocycles. The second-order valence-electron chi connectivity index (χ2n) is 6.00. The van der Waals surface area contributed by atoms with Crippen molar-refractivity contribution in [3.63, 3.8) is 0 Å². The molecule has 118 valence electrons. The van der Waals surface area contributed by atoms with Crippen LogP contribution >= 0.6 is 0 Å². The van der Waals surface area contributed by atoms with Gasteiger partial charge in [-0.3, -0.25) is 4.90 Å². The van der Waals surface area contributed by atoms with E-state index in [4.69, 9.17) is 14.3 Å². The van der Waals surface area contributed by atoms with Crippen LogP contribution in [-0.2, 0) is 19.1 Å². The van der Waals surface area contributed by atoms with Crippen LogP contribution in [0.1, 0.15) is 20.8 Å². The number of carbonyl (C=O) groups excluding carboxylic acids is 1. The summed E-state index contributed by atoms with van der Waals surface area (Å²) in [7, 11) is 1.67. The van der Waals surface area contributed by atoms with E-state index in [2.05, 4.69) is 4.90 Å². The number of piperazine rings is 1. The highest BCUT2D eigenvalue weighted by atomic mass is 16.7. The minimum Gasteiger partial charge on any atom is -0.382 e. The maximum atomic E-state index is 11.8. The zero-order valence-corrected chi connectivity index (χ0v) is 13.2. The Labute approximate surface area is 121 Å². The van der Waals surface area contributed by atoms with E-state index in [1.54, 1.807) is 12.2 Å². The summed E-state index contributed by atoms with van der Waals surface area (Å²) in [6.07, 6.45) is 0. The average molecular weight is 288 g/mol. The first-order chi connectivity index (χ1) is 9.43. The maximum absolute atomic E-state index is 11.8. The zero-order valence-electron chi connectivity index (χ0n) is 13.2. The second kappa shape index (κ2) is 8.56. The number of nitrogens with zero attached hydrogens (tertiary/aromatic N) is 2. The molecule has 0 aromatic carbocycles. The van der Waals surface area contributed by atoms with Crippen molar-refractivity contribution in [2.24, 2.45) is 5.41 Å². The number of methoxy groups -OCH3 is 1. The van der Waals surface area contributed by atoms with Crippen molar-refractivity contribution in [1.82, 2.24) is 9.96 Å². The first-order valence-electron chi connectivity index (χ1n) is 7.20. The summed E-state index contributed by atoms with van der Waals surface area (Å²) in [5.41, 5.74) is -0.452. The summed E-state index contributed by atoms with van der Waals surface area (Å²) >= 11 is 0. The second-order valence-corrected chi connectivity index (χ2v) is 6.00. The highest BCUT2D eigenvalue weighted by molar-refractivity contribution is 5.75. The third kappa shape index (κ3) is 6.65. The van der Waals surface area contributed by atoms with Gasteiger partial charge in [-0.15, -0.1) is 5.06 Å². The standard InChI is InChI=1S/C14H28N2O4/c1-14(2,3)13(17)20-16-7-5-15(6-8-16)9-10-19-12-11-18-4/h5-12H2,1-4H3. The van der Waals surface area contributed by atoms with E-state index in [-0.39, 0.29) is 5.97 Å². The van der Waals surface area contributed by atoms with Crippen LogP contribution in [0, 0.1) is 5.41 Å². The number of carbonyl (C=O) groups is 1. The molecule has 0 unspecified atom stereocenters. The fraction of sp³-hybridized carbons (Fsp3) is 0.929. The van der Waals surface area contributed by atoms with Gasteiger partial charge in [-0.2, -0.15) is 0 Å². The number of rotatable bonds is 7. The van der Waals surface area contributed by atoms with E-state index in [1.807, 2.05) is 20.8 Å². The highest BCUT2D eigenvalue weighted by Crippen LogP contribution is 2.16. The molecule has 1 aliphatic rings. The Morgan fingerprint density at radius 3 is 2.25 bits per heavy atom. The summed E-state index contributed by atoms with van der Waals surface area (Å²) in [4.78, 5) is 19.5. The highest BCUT2D eigenvalue weighted by Gasteiger charge is 2.27. The topological polar surface area (TPSA) is 51.2 Å². The first-order valence-corrected chi connectivity index (χ1v) is 7.20. The Balaban J connectivity index is 2.12. The molecule has 0 amide bonds. The van der Waals surface area contributed by atoms with Crippen molar-refractivity contribution in [3.8, 4) is 0 Å². The van der Waals surface area contributed by atoms with Gasteiger partial charge in [0.05, 0.1) is 25.2 Å². The van der Waals surface area contributed by atoms with Gasteiger partial charge in [0.1, 0.15) is 0 Å². The van der Waals surface area contributed by atoms with Crippen LogP contribution in [0.3, 0.4) is 0 Å². The number of hydrogen-bond acceptors (Lipinski definition) is 6. The Kier molecular flexibility index (Phi) is 7.43. The number of hydroxylamine groups is 2. The van der Waals surface area contributed by atoms with Gasteiger partial charge >= 0.3 is 5.97 Å². The summed E-state index contributed by atoms with van der Waals surface area (Å²) in [5.74, 6) is -0.172. The molecule has 20 heavy (non-hydrogen) atoms. The van der Waals surface area contributed by atoms with Crippen LogP contribution in [0.2, 0.25) is 0 Å². The normalized spacial score (nSPS) is 18.2. The lowest BCUT2D eigenvalue weighted by Gasteiger charge is -2.34. The van der Waals surface area contributed by atoms with Gasteiger partial charge in [0, 0.05) is 39.8 Å². The molecule has 0 atom stereocenters. The lowest BCUT2D eigenvalue weighted by molar-refractivity contribution is -0.207. The zero-order chi connectivity index (χ0) is 15.0. The van der Waals surface area contributed by atoms with Crippen LogP contribution in [0.5, 0.6) is 0 Å². The van der Waals surface area contributed by atoms with Crippen LogP contribution in [0.25, 0.3) is 0 Å². The molecule has 0 radical (unpaired) electrons. The Bertz CT molecular complexity index is 283. The van der Waals surface area contributed by atoms with Gasteiger partial charge in [-0.25, -0.2) is 4.79 Å². The van der Waals surface area contributed by atoms with Gasteiger partial charge in [0.25, 0.3) is 0 Å². The smallest absolute Gasteiger partial charge is 0.330 e. The van der Waals surface area contributed by atoms with Crippen LogP contribution in [0.4, 0.5) is 0 Å². The molecule has 0 bridgehead atoms. The van der Waals surface area contributed by atoms with Crippen LogP contribution in [0.15, 0.2) is 0 Å². The van der Waals surface area contributed by atoms with Crippen LogP contribution in [-0.4, -0.2) is 75.6 Å². The van der Waals surface area contributed by atoms with E-state index in [0.29, 0.717) is 19.8 Å². The van der Waals surface area contributed by atoms with Crippen molar-refractivity contribution in [2.75, 3.05) is 59.7 Å². The van der Waals surface area contributed by atoms with Gasteiger partial charge in [0.15, 0.2) is 0 Å². The molecule has 1 heterocycles. The Morgan fingerprint density at radius 1 is 1.05 bits per heavy atom. The van der Waals surface area contributed by atoms with Gasteiger partial charge in [0.2, 0.25) is 0 Å². The molecule has 0 aliphatic carbocycles. The van der Waals surface area contributed by atoms with Crippen molar-refractivity contribution >= 4 is 5.97 Å². The summed E-state index contributed by atoms with van der Waals surface area (Å²) < 4.78 is 10.4. The predicted octanol–water partition coefficient (Wildman–Crippen LogP) is 0.771. The molecule has 6 heteroatoms. The van der Waals surface area contributed by atoms with Crippen molar-refractivity contribution in [2.45, 2.75) is 20.8 Å². The van der Waals surface area contributed by atoms with Gasteiger partial charge < -0.3 is 14.3 Å². The fourth-order valence-electron chi connectivity index (χ4n) is 1.74. The third-order valence-corrected chi connectivity index (χ3v) is 3.14.